The van der Waals surface area contributed by atoms with Gasteiger partial charge in [0, 0.05) is 12.5 Å². The van der Waals surface area contributed by atoms with Gasteiger partial charge in [-0.2, -0.15) is 0 Å². The molecule has 33 heavy (non-hydrogen) atoms. The van der Waals surface area contributed by atoms with E-state index in [4.69, 9.17) is 4.74 Å². The van der Waals surface area contributed by atoms with Crippen LogP contribution < -0.4 is 0 Å². The third-order valence-electron chi connectivity index (χ3n) is 7.56. The maximum atomic E-state index is 13.4. The number of rotatable bonds is 10. The first kappa shape index (κ1) is 24.0. The summed E-state index contributed by atoms with van der Waals surface area (Å²) in [6, 6.07) is 20.0. The van der Waals surface area contributed by atoms with Gasteiger partial charge in [-0.15, -0.1) is 0 Å². The van der Waals surface area contributed by atoms with Crippen LogP contribution in [0.5, 0.6) is 0 Å². The van der Waals surface area contributed by atoms with Crippen molar-refractivity contribution in [3.05, 3.63) is 71.8 Å². The van der Waals surface area contributed by atoms with Crippen LogP contribution >= 0.6 is 0 Å². The van der Waals surface area contributed by atoms with Crippen LogP contribution in [0.25, 0.3) is 0 Å². The Morgan fingerprint density at radius 1 is 0.939 bits per heavy atom. The number of hydrogen-bond acceptors (Lipinski definition) is 4. The molecule has 2 aliphatic rings. The predicted molar refractivity (Wildman–Crippen MR) is 132 cm³/mol. The van der Waals surface area contributed by atoms with Gasteiger partial charge in [-0.05, 0) is 68.7 Å². The maximum Gasteiger partial charge on any atom is 0.343 e. The van der Waals surface area contributed by atoms with Gasteiger partial charge in [0.15, 0.2) is 5.60 Å². The average Bonchev–Trinajstić information content (AvgIpc) is 3.38. The molecule has 2 aromatic rings. The molecule has 0 aromatic heterocycles. The van der Waals surface area contributed by atoms with E-state index in [9.17, 15) is 9.90 Å². The third-order valence-corrected chi connectivity index (χ3v) is 7.56. The second-order valence-corrected chi connectivity index (χ2v) is 9.96. The number of ether oxygens (including phenoxy) is 1. The second kappa shape index (κ2) is 11.8. The minimum atomic E-state index is -1.55. The van der Waals surface area contributed by atoms with Crippen LogP contribution in [0.15, 0.2) is 60.7 Å². The van der Waals surface area contributed by atoms with Crippen molar-refractivity contribution in [2.45, 2.75) is 63.4 Å². The van der Waals surface area contributed by atoms with E-state index in [1.54, 1.807) is 0 Å². The fourth-order valence-electron chi connectivity index (χ4n) is 5.70. The summed E-state index contributed by atoms with van der Waals surface area (Å²) in [5.74, 6) is -0.121. The second-order valence-electron chi connectivity index (χ2n) is 9.96. The van der Waals surface area contributed by atoms with Crippen LogP contribution in [0, 0.1) is 11.8 Å². The number of nitrogens with zero attached hydrogens (tertiary/aromatic N) is 1. The van der Waals surface area contributed by atoms with Gasteiger partial charge in [-0.25, -0.2) is 4.79 Å². The van der Waals surface area contributed by atoms with Crippen LogP contribution in [-0.4, -0.2) is 42.2 Å². The highest BCUT2D eigenvalue weighted by molar-refractivity contribution is 5.81. The van der Waals surface area contributed by atoms with Gasteiger partial charge in [0.25, 0.3) is 0 Å². The van der Waals surface area contributed by atoms with Gasteiger partial charge in [0.2, 0.25) is 0 Å². The molecule has 1 saturated carbocycles. The molecule has 1 heterocycles. The molecule has 0 bridgehead atoms. The van der Waals surface area contributed by atoms with Gasteiger partial charge >= 0.3 is 5.97 Å². The normalized spacial score (nSPS) is 20.3. The van der Waals surface area contributed by atoms with Gasteiger partial charge in [-0.3, -0.25) is 0 Å². The minimum Gasteiger partial charge on any atom is -0.463 e. The monoisotopic (exact) mass is 449 g/mol. The van der Waals surface area contributed by atoms with Gasteiger partial charge in [-0.1, -0.05) is 79.9 Å². The summed E-state index contributed by atoms with van der Waals surface area (Å²) in [6.07, 6.45) is 9.38. The molecule has 1 aliphatic carbocycles. The molecule has 4 heteroatoms. The van der Waals surface area contributed by atoms with Crippen LogP contribution in [-0.2, 0) is 21.6 Å². The van der Waals surface area contributed by atoms with E-state index < -0.39 is 11.6 Å². The van der Waals surface area contributed by atoms with Crippen molar-refractivity contribution in [3.63, 3.8) is 0 Å². The van der Waals surface area contributed by atoms with Gasteiger partial charge < -0.3 is 14.7 Å². The van der Waals surface area contributed by atoms with Crippen LogP contribution in [0.3, 0.4) is 0 Å². The smallest absolute Gasteiger partial charge is 0.343 e. The Balaban J connectivity index is 1.41. The van der Waals surface area contributed by atoms with E-state index in [0.717, 1.165) is 45.1 Å². The zero-order valence-corrected chi connectivity index (χ0v) is 19.8. The molecular formula is C29H39NO3. The number of hydrogen-bond donors (Lipinski definition) is 1. The molecule has 1 unspecified atom stereocenters. The molecule has 178 valence electrons. The molecular weight excluding hydrogens is 410 g/mol. The third kappa shape index (κ3) is 6.24. The quantitative estimate of drug-likeness (QED) is 0.497. The van der Waals surface area contributed by atoms with Crippen molar-refractivity contribution in [1.29, 1.82) is 0 Å². The first-order chi connectivity index (χ1) is 16.2. The summed E-state index contributed by atoms with van der Waals surface area (Å²) < 4.78 is 5.84. The van der Waals surface area contributed by atoms with E-state index >= 15 is 0 Å². The van der Waals surface area contributed by atoms with Crippen molar-refractivity contribution < 1.29 is 14.6 Å². The number of carbonyl (C=O) groups excluding carboxylic acids is 1. The van der Waals surface area contributed by atoms with Gasteiger partial charge in [0.1, 0.15) is 0 Å². The highest BCUT2D eigenvalue weighted by atomic mass is 16.5. The molecule has 0 radical (unpaired) electrons. The summed E-state index contributed by atoms with van der Waals surface area (Å²) in [4.78, 5) is 15.9. The molecule has 2 fully saturated rings. The Morgan fingerprint density at radius 3 is 2.24 bits per heavy atom. The molecule has 1 N–H and O–H groups in total. The van der Waals surface area contributed by atoms with Crippen LogP contribution in [0.2, 0.25) is 0 Å². The summed E-state index contributed by atoms with van der Waals surface area (Å²) in [5, 5.41) is 11.7. The summed E-state index contributed by atoms with van der Waals surface area (Å²) >= 11 is 0. The Kier molecular flexibility index (Phi) is 8.57. The number of esters is 1. The van der Waals surface area contributed by atoms with E-state index in [-0.39, 0.29) is 5.92 Å². The number of likely N-dealkylation sites (tertiary alicyclic amines) is 1. The molecule has 2 aromatic carbocycles. The lowest BCUT2D eigenvalue weighted by Gasteiger charge is -2.37. The lowest BCUT2D eigenvalue weighted by molar-refractivity contribution is -0.176. The van der Waals surface area contributed by atoms with Crippen molar-refractivity contribution in [1.82, 2.24) is 4.90 Å². The lowest BCUT2D eigenvalue weighted by Crippen LogP contribution is -2.45. The van der Waals surface area contributed by atoms with Crippen molar-refractivity contribution >= 4 is 5.97 Å². The Labute approximate surface area is 199 Å². The molecule has 4 nitrogen and oxygen atoms in total. The van der Waals surface area contributed by atoms with Crippen molar-refractivity contribution in [2.75, 3.05) is 26.2 Å². The Morgan fingerprint density at radius 2 is 1.58 bits per heavy atom. The standard InChI is InChI=1S/C29H39NO3/c31-28(29(32,26-14-6-2-7-15-26)27-16-8-3-9-17-27)33-21-18-25(23-30-19-10-11-20-30)22-24-12-4-1-5-13-24/h1-2,4-7,12-15,25,27,32H,3,8-11,16-23H2/t25-,29?/m0/s1. The van der Waals surface area contributed by atoms with Gasteiger partial charge in [0.05, 0.1) is 6.61 Å². The average molecular weight is 450 g/mol. The summed E-state index contributed by atoms with van der Waals surface area (Å²) in [6.45, 7) is 3.73. The number of aliphatic hydroxyl groups is 1. The molecule has 0 spiro atoms. The van der Waals surface area contributed by atoms with E-state index in [1.807, 2.05) is 30.3 Å². The van der Waals surface area contributed by atoms with E-state index in [0.29, 0.717) is 18.1 Å². The number of carbonyl (C=O) groups is 1. The molecule has 0 amide bonds. The summed E-state index contributed by atoms with van der Waals surface area (Å²) in [5.41, 5.74) is 0.446. The Bertz CT molecular complexity index is 844. The summed E-state index contributed by atoms with van der Waals surface area (Å²) in [7, 11) is 0. The SMILES string of the molecule is O=C(OCC[C@@H](Cc1ccccc1)CN1CCCC1)C(O)(c1ccccc1)C1CCCCC1. The highest BCUT2D eigenvalue weighted by Crippen LogP contribution is 2.40. The zero-order valence-electron chi connectivity index (χ0n) is 19.8. The first-order valence-corrected chi connectivity index (χ1v) is 12.9. The first-order valence-electron chi connectivity index (χ1n) is 12.9. The van der Waals surface area contributed by atoms with E-state index in [1.165, 1.54) is 37.9 Å². The number of benzene rings is 2. The molecule has 1 saturated heterocycles. The highest BCUT2D eigenvalue weighted by Gasteiger charge is 2.47. The Hall–Kier alpha value is -2.17. The topological polar surface area (TPSA) is 49.8 Å². The molecule has 4 rings (SSSR count). The van der Waals surface area contributed by atoms with E-state index in [2.05, 4.69) is 35.2 Å². The van der Waals surface area contributed by atoms with Crippen molar-refractivity contribution in [3.8, 4) is 0 Å². The predicted octanol–water partition coefficient (Wildman–Crippen LogP) is 5.34. The fourth-order valence-corrected chi connectivity index (χ4v) is 5.70. The lowest BCUT2D eigenvalue weighted by atomic mass is 9.73. The molecule has 2 atom stereocenters. The van der Waals surface area contributed by atoms with Crippen LogP contribution in [0.1, 0.15) is 62.5 Å². The largest absolute Gasteiger partial charge is 0.463 e. The fraction of sp³-hybridized carbons (Fsp3) is 0.552. The zero-order chi connectivity index (χ0) is 22.9. The molecule has 1 aliphatic heterocycles. The van der Waals surface area contributed by atoms with Crippen LogP contribution in [0.4, 0.5) is 0 Å². The minimum absolute atomic E-state index is 0.0779. The van der Waals surface area contributed by atoms with Crippen molar-refractivity contribution in [2.24, 2.45) is 11.8 Å². The maximum absolute atomic E-state index is 13.4.